The second-order valence-corrected chi connectivity index (χ2v) is 2.77. The van der Waals surface area contributed by atoms with Crippen molar-refractivity contribution in [3.8, 4) is 0 Å². The molecule has 0 aromatic carbocycles. The Balaban J connectivity index is 2.98. The van der Waals surface area contributed by atoms with Crippen molar-refractivity contribution in [2.45, 2.75) is 25.6 Å². The van der Waals surface area contributed by atoms with Crippen LogP contribution in [-0.2, 0) is 4.79 Å². The van der Waals surface area contributed by atoms with E-state index < -0.39 is 11.7 Å². The SMILES string of the molecule is CC1=CC(O)C(C)(O)C1=O. The van der Waals surface area contributed by atoms with Crippen molar-refractivity contribution < 1.29 is 15.0 Å². The number of aliphatic hydroxyl groups excluding tert-OH is 1. The lowest BCUT2D eigenvalue weighted by Crippen LogP contribution is -2.41. The summed E-state index contributed by atoms with van der Waals surface area (Å²) in [6, 6.07) is 0. The van der Waals surface area contributed by atoms with Crippen molar-refractivity contribution >= 4 is 5.78 Å². The molecule has 0 aromatic heterocycles. The van der Waals surface area contributed by atoms with E-state index in [1.54, 1.807) is 6.92 Å². The molecule has 0 bridgehead atoms. The molecule has 0 saturated heterocycles. The molecule has 0 spiro atoms. The molecule has 0 heterocycles. The van der Waals surface area contributed by atoms with Crippen LogP contribution in [0.15, 0.2) is 11.6 Å². The highest BCUT2D eigenvalue weighted by molar-refractivity contribution is 6.04. The first-order chi connectivity index (χ1) is 4.46. The van der Waals surface area contributed by atoms with Gasteiger partial charge in [0.2, 0.25) is 0 Å². The lowest BCUT2D eigenvalue weighted by Gasteiger charge is -2.18. The fourth-order valence-corrected chi connectivity index (χ4v) is 1.01. The largest absolute Gasteiger partial charge is 0.386 e. The molecule has 0 saturated carbocycles. The summed E-state index contributed by atoms with van der Waals surface area (Å²) < 4.78 is 0. The van der Waals surface area contributed by atoms with Gasteiger partial charge >= 0.3 is 0 Å². The highest BCUT2D eigenvalue weighted by Crippen LogP contribution is 2.24. The maximum absolute atomic E-state index is 11.0. The number of hydrogen-bond donors (Lipinski definition) is 2. The summed E-state index contributed by atoms with van der Waals surface area (Å²) in [5, 5.41) is 18.3. The first kappa shape index (κ1) is 7.44. The van der Waals surface area contributed by atoms with Gasteiger partial charge in [-0.2, -0.15) is 0 Å². The zero-order chi connectivity index (χ0) is 7.94. The van der Waals surface area contributed by atoms with E-state index in [1.165, 1.54) is 13.0 Å². The van der Waals surface area contributed by atoms with E-state index in [0.717, 1.165) is 0 Å². The third-order valence-corrected chi connectivity index (χ3v) is 1.80. The Morgan fingerprint density at radius 3 is 2.30 bits per heavy atom. The van der Waals surface area contributed by atoms with Gasteiger partial charge in [0.15, 0.2) is 11.4 Å². The van der Waals surface area contributed by atoms with Crippen molar-refractivity contribution in [3.05, 3.63) is 11.6 Å². The molecule has 3 heteroatoms. The number of aliphatic hydroxyl groups is 2. The van der Waals surface area contributed by atoms with Gasteiger partial charge in [-0.1, -0.05) is 0 Å². The molecule has 56 valence electrons. The van der Waals surface area contributed by atoms with Gasteiger partial charge in [-0.25, -0.2) is 0 Å². The lowest BCUT2D eigenvalue weighted by atomic mass is 9.99. The smallest absolute Gasteiger partial charge is 0.192 e. The monoisotopic (exact) mass is 142 g/mol. The Morgan fingerprint density at radius 1 is 1.70 bits per heavy atom. The third-order valence-electron chi connectivity index (χ3n) is 1.80. The maximum atomic E-state index is 11.0. The molecule has 3 nitrogen and oxygen atoms in total. The van der Waals surface area contributed by atoms with Gasteiger partial charge in [-0.15, -0.1) is 0 Å². The second-order valence-electron chi connectivity index (χ2n) is 2.77. The molecule has 1 aliphatic rings. The summed E-state index contributed by atoms with van der Waals surface area (Å²) >= 11 is 0. The standard InChI is InChI=1S/C7H10O3/c1-4-3-5(8)7(2,10)6(4)9/h3,5,8,10H,1-2H3. The second kappa shape index (κ2) is 1.90. The summed E-state index contributed by atoms with van der Waals surface area (Å²) in [5.41, 5.74) is -1.16. The minimum Gasteiger partial charge on any atom is -0.386 e. The number of carbonyl (C=O) groups excluding carboxylic acids is 1. The Morgan fingerprint density at radius 2 is 2.20 bits per heavy atom. The van der Waals surface area contributed by atoms with Crippen LogP contribution >= 0.6 is 0 Å². The van der Waals surface area contributed by atoms with E-state index in [9.17, 15) is 9.90 Å². The van der Waals surface area contributed by atoms with E-state index in [2.05, 4.69) is 0 Å². The summed E-state index contributed by atoms with van der Waals surface area (Å²) in [5.74, 6) is -0.389. The van der Waals surface area contributed by atoms with Crippen LogP contribution in [0.1, 0.15) is 13.8 Å². The Hall–Kier alpha value is -0.670. The molecule has 0 amide bonds. The van der Waals surface area contributed by atoms with Gasteiger partial charge in [0.1, 0.15) is 6.10 Å². The fraction of sp³-hybridized carbons (Fsp3) is 0.571. The Bertz CT molecular complexity index is 203. The molecule has 2 atom stereocenters. The molecule has 2 N–H and O–H groups in total. The van der Waals surface area contributed by atoms with Crippen molar-refractivity contribution in [2.75, 3.05) is 0 Å². The Kier molecular flexibility index (Phi) is 1.42. The van der Waals surface area contributed by atoms with Crippen LogP contribution in [0, 0.1) is 0 Å². The van der Waals surface area contributed by atoms with Crippen molar-refractivity contribution in [3.63, 3.8) is 0 Å². The normalized spacial score (nSPS) is 40.2. The van der Waals surface area contributed by atoms with Crippen molar-refractivity contribution in [1.29, 1.82) is 0 Å². The van der Waals surface area contributed by atoms with Gasteiger partial charge in [0.25, 0.3) is 0 Å². The van der Waals surface area contributed by atoms with Crippen molar-refractivity contribution in [1.82, 2.24) is 0 Å². The molecule has 1 rings (SSSR count). The van der Waals surface area contributed by atoms with Gasteiger partial charge in [0, 0.05) is 0 Å². The molecule has 1 aliphatic carbocycles. The minimum absolute atomic E-state index is 0.389. The molecule has 0 radical (unpaired) electrons. The van der Waals surface area contributed by atoms with E-state index in [-0.39, 0.29) is 5.78 Å². The number of carbonyl (C=O) groups is 1. The van der Waals surface area contributed by atoms with Crippen LogP contribution in [0.4, 0.5) is 0 Å². The van der Waals surface area contributed by atoms with Gasteiger partial charge in [-0.3, -0.25) is 4.79 Å². The first-order valence-corrected chi connectivity index (χ1v) is 3.10. The lowest BCUT2D eigenvalue weighted by molar-refractivity contribution is -0.136. The quantitative estimate of drug-likeness (QED) is 0.485. The van der Waals surface area contributed by atoms with E-state index >= 15 is 0 Å². The molecule has 0 aromatic rings. The third kappa shape index (κ3) is 0.786. The molecular formula is C7H10O3. The summed E-state index contributed by atoms with van der Waals surface area (Å²) in [4.78, 5) is 11.0. The van der Waals surface area contributed by atoms with Gasteiger partial charge in [0.05, 0.1) is 0 Å². The highest BCUT2D eigenvalue weighted by Gasteiger charge is 2.42. The van der Waals surface area contributed by atoms with Crippen LogP contribution in [-0.4, -0.2) is 27.7 Å². The average Bonchev–Trinajstić information content (AvgIpc) is 1.97. The zero-order valence-electron chi connectivity index (χ0n) is 5.96. The van der Waals surface area contributed by atoms with Crippen LogP contribution in [0.25, 0.3) is 0 Å². The van der Waals surface area contributed by atoms with Crippen LogP contribution in [0.2, 0.25) is 0 Å². The first-order valence-electron chi connectivity index (χ1n) is 3.10. The van der Waals surface area contributed by atoms with E-state index in [1.807, 2.05) is 0 Å². The Labute approximate surface area is 59.0 Å². The molecule has 0 fully saturated rings. The fourth-order valence-electron chi connectivity index (χ4n) is 1.01. The zero-order valence-corrected chi connectivity index (χ0v) is 5.96. The molecule has 2 unspecified atom stereocenters. The van der Waals surface area contributed by atoms with E-state index in [4.69, 9.17) is 5.11 Å². The topological polar surface area (TPSA) is 57.5 Å². The molecule has 10 heavy (non-hydrogen) atoms. The van der Waals surface area contributed by atoms with E-state index in [0.29, 0.717) is 5.57 Å². The van der Waals surface area contributed by atoms with Crippen LogP contribution in [0.5, 0.6) is 0 Å². The van der Waals surface area contributed by atoms with Gasteiger partial charge < -0.3 is 10.2 Å². The van der Waals surface area contributed by atoms with Crippen LogP contribution < -0.4 is 0 Å². The maximum Gasteiger partial charge on any atom is 0.192 e. The predicted octanol–water partition coefficient (Wildman–Crippen LogP) is -0.373. The van der Waals surface area contributed by atoms with Crippen molar-refractivity contribution in [2.24, 2.45) is 0 Å². The van der Waals surface area contributed by atoms with Crippen LogP contribution in [0.3, 0.4) is 0 Å². The van der Waals surface area contributed by atoms with Gasteiger partial charge in [-0.05, 0) is 25.5 Å². The highest BCUT2D eigenvalue weighted by atomic mass is 16.3. The average molecular weight is 142 g/mol. The number of hydrogen-bond acceptors (Lipinski definition) is 3. The number of rotatable bonds is 0. The summed E-state index contributed by atoms with van der Waals surface area (Å²) in [6.45, 7) is 2.89. The number of ketones is 1. The molecule has 0 aliphatic heterocycles. The summed E-state index contributed by atoms with van der Waals surface area (Å²) in [6.07, 6.45) is 0.322. The summed E-state index contributed by atoms with van der Waals surface area (Å²) in [7, 11) is 0. The minimum atomic E-state index is -1.59. The predicted molar refractivity (Wildman–Crippen MR) is 35.4 cm³/mol. The molecular weight excluding hydrogens is 132 g/mol. The number of Topliss-reactive ketones (excluding diaryl/α,β-unsaturated/α-hetero) is 1.